The maximum Gasteiger partial charge on any atom is 0.309 e. The van der Waals surface area contributed by atoms with Gasteiger partial charge in [0.2, 0.25) is 0 Å². The first-order chi connectivity index (χ1) is 22.6. The first-order valence-corrected chi connectivity index (χ1v) is 20.4. The van der Waals surface area contributed by atoms with E-state index in [-0.39, 0.29) is 11.9 Å². The van der Waals surface area contributed by atoms with Gasteiger partial charge >= 0.3 is 11.9 Å². The standard InChI is InChI=1S/C42H76O4/c1-3-5-7-9-11-13-15-17-19-21-23-25-27-29-32-36-40(43)45-42(38-34-31-35-39-42)46-41(44)37-33-30-28-26-24-22-20-18-16-14-12-10-8-6-4-2/h17-20H,3-16,21-39H2,1-2H3/b19-17-,20-18-. The zero-order chi connectivity index (χ0) is 33.2. The molecule has 0 amide bonds. The molecule has 0 aromatic heterocycles. The molecule has 0 radical (unpaired) electrons. The summed E-state index contributed by atoms with van der Waals surface area (Å²) in [4.78, 5) is 25.4. The number of hydrogen-bond donors (Lipinski definition) is 0. The van der Waals surface area contributed by atoms with Crippen LogP contribution in [0.5, 0.6) is 0 Å². The molecule has 0 bridgehead atoms. The third-order valence-electron chi connectivity index (χ3n) is 9.50. The van der Waals surface area contributed by atoms with Crippen LogP contribution in [0.2, 0.25) is 0 Å². The van der Waals surface area contributed by atoms with Crippen LogP contribution in [0.1, 0.15) is 226 Å². The lowest BCUT2D eigenvalue weighted by Gasteiger charge is -2.35. The summed E-state index contributed by atoms with van der Waals surface area (Å²) in [5, 5.41) is 0. The molecule has 1 aliphatic carbocycles. The minimum absolute atomic E-state index is 0.201. The Morgan fingerprint density at radius 1 is 0.435 bits per heavy atom. The Balaban J connectivity index is 2.07. The highest BCUT2D eigenvalue weighted by Crippen LogP contribution is 2.34. The minimum Gasteiger partial charge on any atom is -0.422 e. The largest absolute Gasteiger partial charge is 0.422 e. The van der Waals surface area contributed by atoms with E-state index < -0.39 is 5.79 Å². The zero-order valence-corrected chi connectivity index (χ0v) is 30.8. The third kappa shape index (κ3) is 26.5. The first kappa shape index (κ1) is 42.4. The van der Waals surface area contributed by atoms with Crippen molar-refractivity contribution in [2.45, 2.75) is 232 Å². The molecule has 1 saturated carbocycles. The molecule has 1 aliphatic rings. The number of ether oxygens (including phenoxy) is 2. The van der Waals surface area contributed by atoms with E-state index in [1.165, 1.54) is 128 Å². The van der Waals surface area contributed by atoms with Gasteiger partial charge in [0, 0.05) is 25.7 Å². The van der Waals surface area contributed by atoms with Crippen molar-refractivity contribution in [1.29, 1.82) is 0 Å². The highest BCUT2D eigenvalue weighted by atomic mass is 16.7. The first-order valence-electron chi connectivity index (χ1n) is 20.4. The van der Waals surface area contributed by atoms with Gasteiger partial charge in [0.05, 0.1) is 0 Å². The predicted octanol–water partition coefficient (Wildman–Crippen LogP) is 13.8. The quantitative estimate of drug-likeness (QED) is 0.0316. The molecular weight excluding hydrogens is 568 g/mol. The van der Waals surface area contributed by atoms with Crippen molar-refractivity contribution < 1.29 is 19.1 Å². The molecule has 0 atom stereocenters. The highest BCUT2D eigenvalue weighted by molar-refractivity contribution is 5.72. The molecule has 0 heterocycles. The average molecular weight is 645 g/mol. The summed E-state index contributed by atoms with van der Waals surface area (Å²) in [6.07, 6.45) is 46.7. The van der Waals surface area contributed by atoms with Crippen molar-refractivity contribution in [2.24, 2.45) is 0 Å². The second-order valence-electron chi connectivity index (χ2n) is 14.1. The molecule has 1 fully saturated rings. The lowest BCUT2D eigenvalue weighted by molar-refractivity contribution is -0.239. The van der Waals surface area contributed by atoms with E-state index in [1.54, 1.807) is 0 Å². The topological polar surface area (TPSA) is 52.6 Å². The third-order valence-corrected chi connectivity index (χ3v) is 9.50. The van der Waals surface area contributed by atoms with E-state index in [0.29, 0.717) is 25.7 Å². The molecule has 0 N–H and O–H groups in total. The van der Waals surface area contributed by atoms with Gasteiger partial charge in [0.1, 0.15) is 0 Å². The summed E-state index contributed by atoms with van der Waals surface area (Å²) >= 11 is 0. The Labute approximate surface area is 286 Å². The van der Waals surface area contributed by atoms with Gasteiger partial charge in [-0.3, -0.25) is 9.59 Å². The van der Waals surface area contributed by atoms with Gasteiger partial charge in [-0.05, 0) is 77.0 Å². The van der Waals surface area contributed by atoms with Crippen molar-refractivity contribution in [1.82, 2.24) is 0 Å². The summed E-state index contributed by atoms with van der Waals surface area (Å²) < 4.78 is 11.8. The number of allylic oxidation sites excluding steroid dienone is 4. The molecule has 4 nitrogen and oxygen atoms in total. The van der Waals surface area contributed by atoms with Crippen molar-refractivity contribution in [2.75, 3.05) is 0 Å². The van der Waals surface area contributed by atoms with Gasteiger partial charge < -0.3 is 9.47 Å². The van der Waals surface area contributed by atoms with E-state index in [2.05, 4.69) is 38.2 Å². The number of rotatable bonds is 32. The highest BCUT2D eigenvalue weighted by Gasteiger charge is 2.39. The molecule has 4 heteroatoms. The van der Waals surface area contributed by atoms with Crippen LogP contribution >= 0.6 is 0 Å². The number of carbonyl (C=O) groups is 2. The normalized spacial score (nSPS) is 14.7. The smallest absolute Gasteiger partial charge is 0.309 e. The van der Waals surface area contributed by atoms with E-state index in [9.17, 15) is 9.59 Å². The van der Waals surface area contributed by atoms with Crippen LogP contribution in [0.15, 0.2) is 24.3 Å². The Kier molecular flexibility index (Phi) is 29.5. The molecule has 0 saturated heterocycles. The lowest BCUT2D eigenvalue weighted by atomic mass is 9.94. The van der Waals surface area contributed by atoms with E-state index in [0.717, 1.165) is 57.8 Å². The van der Waals surface area contributed by atoms with E-state index >= 15 is 0 Å². The van der Waals surface area contributed by atoms with Crippen LogP contribution < -0.4 is 0 Å². The Morgan fingerprint density at radius 2 is 0.739 bits per heavy atom. The summed E-state index contributed by atoms with van der Waals surface area (Å²) in [6.45, 7) is 4.54. The SMILES string of the molecule is CCCCCCCC/C=C\CCCCCCCC(=O)OC1(OC(=O)CCCCCCC/C=C\CCCCCCCC)CCCCC1. The Bertz CT molecular complexity index is 693. The van der Waals surface area contributed by atoms with Gasteiger partial charge in [-0.1, -0.05) is 147 Å². The Hall–Kier alpha value is -1.58. The molecule has 0 aromatic carbocycles. The van der Waals surface area contributed by atoms with Crippen molar-refractivity contribution >= 4 is 11.9 Å². The number of esters is 2. The lowest BCUT2D eigenvalue weighted by Crippen LogP contribution is -2.42. The number of unbranched alkanes of at least 4 members (excludes halogenated alkanes) is 22. The molecule has 0 aromatic rings. The second kappa shape index (κ2) is 32.0. The molecular formula is C42H76O4. The monoisotopic (exact) mass is 645 g/mol. The molecule has 1 rings (SSSR count). The minimum atomic E-state index is -1.02. The summed E-state index contributed by atoms with van der Waals surface area (Å²) in [5.74, 6) is -1.42. The van der Waals surface area contributed by atoms with Gasteiger partial charge in [-0.2, -0.15) is 0 Å². The maximum atomic E-state index is 12.7. The molecule has 0 unspecified atom stereocenters. The fraction of sp³-hybridized carbons (Fsp3) is 0.857. The van der Waals surface area contributed by atoms with Crippen LogP contribution in [-0.2, 0) is 19.1 Å². The number of hydrogen-bond acceptors (Lipinski definition) is 4. The van der Waals surface area contributed by atoms with E-state index in [4.69, 9.17) is 9.47 Å². The van der Waals surface area contributed by atoms with Crippen LogP contribution in [-0.4, -0.2) is 17.7 Å². The van der Waals surface area contributed by atoms with Gasteiger partial charge in [0.25, 0.3) is 5.79 Å². The zero-order valence-electron chi connectivity index (χ0n) is 30.8. The van der Waals surface area contributed by atoms with Crippen molar-refractivity contribution in [3.63, 3.8) is 0 Å². The molecule has 46 heavy (non-hydrogen) atoms. The fourth-order valence-electron chi connectivity index (χ4n) is 6.51. The van der Waals surface area contributed by atoms with Crippen LogP contribution in [0.3, 0.4) is 0 Å². The molecule has 0 spiro atoms. The van der Waals surface area contributed by atoms with E-state index in [1.807, 2.05) is 0 Å². The van der Waals surface area contributed by atoms with Gasteiger partial charge in [-0.25, -0.2) is 0 Å². The predicted molar refractivity (Wildman–Crippen MR) is 197 cm³/mol. The second-order valence-corrected chi connectivity index (χ2v) is 14.1. The maximum absolute atomic E-state index is 12.7. The van der Waals surface area contributed by atoms with Crippen molar-refractivity contribution in [3.05, 3.63) is 24.3 Å². The molecule has 268 valence electrons. The summed E-state index contributed by atoms with van der Waals surface area (Å²) in [5.41, 5.74) is 0. The summed E-state index contributed by atoms with van der Waals surface area (Å²) in [7, 11) is 0. The van der Waals surface area contributed by atoms with Crippen molar-refractivity contribution in [3.8, 4) is 0 Å². The average Bonchev–Trinajstić information content (AvgIpc) is 3.05. The van der Waals surface area contributed by atoms with Crippen LogP contribution in [0.25, 0.3) is 0 Å². The fourth-order valence-corrected chi connectivity index (χ4v) is 6.51. The summed E-state index contributed by atoms with van der Waals surface area (Å²) in [6, 6.07) is 0. The van der Waals surface area contributed by atoms with Gasteiger partial charge in [-0.15, -0.1) is 0 Å². The van der Waals surface area contributed by atoms with Crippen LogP contribution in [0.4, 0.5) is 0 Å². The Morgan fingerprint density at radius 3 is 1.09 bits per heavy atom. The number of carbonyl (C=O) groups excluding carboxylic acids is 2. The van der Waals surface area contributed by atoms with Crippen LogP contribution in [0, 0.1) is 0 Å². The molecule has 0 aliphatic heterocycles. The van der Waals surface area contributed by atoms with Gasteiger partial charge in [0.15, 0.2) is 0 Å².